The van der Waals surface area contributed by atoms with Crippen LogP contribution >= 0.6 is 0 Å². The second-order valence-corrected chi connectivity index (χ2v) is 4.72. The van der Waals surface area contributed by atoms with Crippen molar-refractivity contribution in [2.24, 2.45) is 0 Å². The van der Waals surface area contributed by atoms with Crippen LogP contribution in [0.1, 0.15) is 24.5 Å². The van der Waals surface area contributed by atoms with Crippen LogP contribution in [0.3, 0.4) is 0 Å². The molecule has 2 rings (SSSR count). The largest absolute Gasteiger partial charge is 0.436 e. The smallest absolute Gasteiger partial charge is 0.219 e. The molecule has 3 nitrogen and oxygen atoms in total. The fraction of sp³-hybridized carbons (Fsp3) is 0.312. The van der Waals surface area contributed by atoms with Crippen LogP contribution in [-0.2, 0) is 6.54 Å². The van der Waals surface area contributed by atoms with Gasteiger partial charge in [-0.05, 0) is 43.1 Å². The van der Waals surface area contributed by atoms with Gasteiger partial charge in [0.25, 0.3) is 0 Å². The van der Waals surface area contributed by atoms with Crippen molar-refractivity contribution in [3.63, 3.8) is 0 Å². The van der Waals surface area contributed by atoms with Crippen LogP contribution in [0.2, 0.25) is 0 Å². The summed E-state index contributed by atoms with van der Waals surface area (Å²) in [5, 5.41) is 3.30. The predicted molar refractivity (Wildman–Crippen MR) is 77.4 cm³/mol. The summed E-state index contributed by atoms with van der Waals surface area (Å²) in [5.74, 6) is 0.217. The third-order valence-electron chi connectivity index (χ3n) is 2.85. The van der Waals surface area contributed by atoms with Crippen molar-refractivity contribution in [1.29, 1.82) is 0 Å². The number of aromatic nitrogens is 1. The number of halogens is 1. The summed E-state index contributed by atoms with van der Waals surface area (Å²) in [6.45, 7) is 5.77. The van der Waals surface area contributed by atoms with Gasteiger partial charge >= 0.3 is 0 Å². The summed E-state index contributed by atoms with van der Waals surface area (Å²) in [6.07, 6.45) is 2.84. The quantitative estimate of drug-likeness (QED) is 0.813. The highest BCUT2D eigenvalue weighted by atomic mass is 19.1. The van der Waals surface area contributed by atoms with Crippen LogP contribution in [0.15, 0.2) is 36.5 Å². The molecule has 0 aliphatic carbocycles. The summed E-state index contributed by atoms with van der Waals surface area (Å²) >= 11 is 0. The van der Waals surface area contributed by atoms with Gasteiger partial charge in [-0.15, -0.1) is 0 Å². The van der Waals surface area contributed by atoms with Crippen LogP contribution in [0.4, 0.5) is 4.39 Å². The van der Waals surface area contributed by atoms with E-state index in [1.807, 2.05) is 13.0 Å². The molecule has 0 unspecified atom stereocenters. The lowest BCUT2D eigenvalue weighted by Crippen LogP contribution is -2.13. The number of nitrogens with zero attached hydrogens (tertiary/aromatic N) is 1. The maximum atomic E-state index is 13.6. The van der Waals surface area contributed by atoms with Crippen molar-refractivity contribution in [3.8, 4) is 11.6 Å². The summed E-state index contributed by atoms with van der Waals surface area (Å²) in [5.41, 5.74) is 2.03. The average Bonchev–Trinajstić information content (AvgIpc) is 2.45. The van der Waals surface area contributed by atoms with E-state index in [2.05, 4.69) is 17.2 Å². The third kappa shape index (κ3) is 4.03. The first-order valence-electron chi connectivity index (χ1n) is 6.78. The van der Waals surface area contributed by atoms with E-state index in [1.54, 1.807) is 24.4 Å². The molecule has 0 bridgehead atoms. The number of ether oxygens (including phenoxy) is 1. The second-order valence-electron chi connectivity index (χ2n) is 4.72. The number of rotatable bonds is 6. The Balaban J connectivity index is 2.01. The number of pyridine rings is 1. The number of nitrogens with one attached hydrogen (secondary N) is 1. The lowest BCUT2D eigenvalue weighted by Gasteiger charge is -2.08. The third-order valence-corrected chi connectivity index (χ3v) is 2.85. The monoisotopic (exact) mass is 274 g/mol. The van der Waals surface area contributed by atoms with E-state index < -0.39 is 0 Å². The fourth-order valence-electron chi connectivity index (χ4n) is 1.79. The number of hydrogen-bond donors (Lipinski definition) is 1. The lowest BCUT2D eigenvalue weighted by atomic mass is 10.2. The van der Waals surface area contributed by atoms with Gasteiger partial charge < -0.3 is 10.1 Å². The number of hydrogen-bond acceptors (Lipinski definition) is 3. The van der Waals surface area contributed by atoms with E-state index in [0.29, 0.717) is 5.88 Å². The van der Waals surface area contributed by atoms with Crippen molar-refractivity contribution < 1.29 is 9.13 Å². The molecule has 4 heteroatoms. The van der Waals surface area contributed by atoms with Crippen LogP contribution in [0.5, 0.6) is 11.6 Å². The standard InChI is InChI=1S/C16H19FN2O/c1-3-8-18-10-13-5-7-16(19-11-13)20-15-9-12(2)4-6-14(15)17/h4-7,9,11,18H,3,8,10H2,1-2H3. The Kier molecular flexibility index (Phi) is 5.07. The predicted octanol–water partition coefficient (Wildman–Crippen LogP) is 3.82. The first-order chi connectivity index (χ1) is 9.69. The first-order valence-corrected chi connectivity index (χ1v) is 6.78. The van der Waals surface area contributed by atoms with Gasteiger partial charge in [-0.2, -0.15) is 0 Å². The van der Waals surface area contributed by atoms with Crippen LogP contribution in [-0.4, -0.2) is 11.5 Å². The Morgan fingerprint density at radius 2 is 2.10 bits per heavy atom. The van der Waals surface area contributed by atoms with Gasteiger partial charge in [-0.1, -0.05) is 19.1 Å². The molecule has 0 aliphatic heterocycles. The minimum absolute atomic E-state index is 0.203. The van der Waals surface area contributed by atoms with Crippen molar-refractivity contribution >= 4 is 0 Å². The molecule has 0 spiro atoms. The Bertz CT molecular complexity index is 555. The molecular formula is C16H19FN2O. The highest BCUT2D eigenvalue weighted by molar-refractivity contribution is 5.32. The molecule has 0 saturated heterocycles. The van der Waals surface area contributed by atoms with E-state index in [9.17, 15) is 4.39 Å². The highest BCUT2D eigenvalue weighted by Gasteiger charge is 2.05. The molecule has 0 saturated carbocycles. The van der Waals surface area contributed by atoms with Crippen molar-refractivity contribution in [2.75, 3.05) is 6.54 Å². The molecule has 0 atom stereocenters. The molecular weight excluding hydrogens is 255 g/mol. The molecule has 1 aromatic heterocycles. The van der Waals surface area contributed by atoms with Gasteiger partial charge in [0.05, 0.1) is 0 Å². The fourth-order valence-corrected chi connectivity index (χ4v) is 1.79. The molecule has 2 aromatic rings. The van der Waals surface area contributed by atoms with E-state index in [-0.39, 0.29) is 11.6 Å². The Morgan fingerprint density at radius 1 is 1.25 bits per heavy atom. The van der Waals surface area contributed by atoms with Crippen LogP contribution in [0, 0.1) is 12.7 Å². The van der Waals surface area contributed by atoms with Gasteiger partial charge in [-0.3, -0.25) is 0 Å². The maximum absolute atomic E-state index is 13.6. The van der Waals surface area contributed by atoms with Crippen molar-refractivity contribution in [3.05, 3.63) is 53.5 Å². The Morgan fingerprint density at radius 3 is 2.80 bits per heavy atom. The molecule has 0 fully saturated rings. The minimum atomic E-state index is -0.383. The van der Waals surface area contributed by atoms with E-state index >= 15 is 0 Å². The zero-order chi connectivity index (χ0) is 14.4. The number of aryl methyl sites for hydroxylation is 1. The molecule has 106 valence electrons. The first kappa shape index (κ1) is 14.5. The maximum Gasteiger partial charge on any atom is 0.219 e. The molecule has 1 N–H and O–H groups in total. The average molecular weight is 274 g/mol. The van der Waals surface area contributed by atoms with Gasteiger partial charge in [0.1, 0.15) is 0 Å². The summed E-state index contributed by atoms with van der Waals surface area (Å²) in [4.78, 5) is 4.19. The highest BCUT2D eigenvalue weighted by Crippen LogP contribution is 2.23. The van der Waals surface area contributed by atoms with Gasteiger partial charge in [0.15, 0.2) is 11.6 Å². The zero-order valence-electron chi connectivity index (χ0n) is 11.8. The molecule has 1 heterocycles. The normalized spacial score (nSPS) is 10.6. The van der Waals surface area contributed by atoms with Crippen molar-refractivity contribution in [2.45, 2.75) is 26.8 Å². The SMILES string of the molecule is CCCNCc1ccc(Oc2cc(C)ccc2F)nc1. The van der Waals surface area contributed by atoms with Crippen LogP contribution in [0.25, 0.3) is 0 Å². The van der Waals surface area contributed by atoms with Crippen LogP contribution < -0.4 is 10.1 Å². The lowest BCUT2D eigenvalue weighted by molar-refractivity contribution is 0.426. The number of benzene rings is 1. The molecule has 0 radical (unpaired) electrons. The Labute approximate surface area is 118 Å². The second kappa shape index (κ2) is 7.01. The summed E-state index contributed by atoms with van der Waals surface area (Å²) < 4.78 is 19.0. The van der Waals surface area contributed by atoms with Gasteiger partial charge in [0, 0.05) is 18.8 Å². The van der Waals surface area contributed by atoms with E-state index in [1.165, 1.54) is 6.07 Å². The molecule has 20 heavy (non-hydrogen) atoms. The Hall–Kier alpha value is -1.94. The topological polar surface area (TPSA) is 34.1 Å². The minimum Gasteiger partial charge on any atom is -0.436 e. The van der Waals surface area contributed by atoms with Gasteiger partial charge in [0.2, 0.25) is 5.88 Å². The van der Waals surface area contributed by atoms with Crippen molar-refractivity contribution in [1.82, 2.24) is 10.3 Å². The summed E-state index contributed by atoms with van der Waals surface area (Å²) in [7, 11) is 0. The van der Waals surface area contributed by atoms with E-state index in [4.69, 9.17) is 4.74 Å². The van der Waals surface area contributed by atoms with E-state index in [0.717, 1.165) is 30.6 Å². The molecule has 1 aromatic carbocycles. The van der Waals surface area contributed by atoms with Gasteiger partial charge in [-0.25, -0.2) is 9.37 Å². The molecule has 0 amide bonds. The molecule has 0 aliphatic rings. The summed E-state index contributed by atoms with van der Waals surface area (Å²) in [6, 6.07) is 8.45. The zero-order valence-corrected chi connectivity index (χ0v) is 11.8.